The van der Waals surface area contributed by atoms with Crippen molar-refractivity contribution in [2.45, 2.75) is 82.2 Å². The van der Waals surface area contributed by atoms with E-state index < -0.39 is 85.3 Å². The maximum absolute atomic E-state index is 14.0. The van der Waals surface area contributed by atoms with E-state index in [9.17, 15) is 61.8 Å². The summed E-state index contributed by atoms with van der Waals surface area (Å²) in [6.07, 6.45) is 9.68. The lowest BCUT2D eigenvalue weighted by Gasteiger charge is -2.34. The first kappa shape index (κ1) is 71.6. The number of ether oxygens (including phenoxy) is 3. The average molecular weight is 1370 g/mol. The molecule has 26 nitrogen and oxygen atoms in total. The number of unbranched alkanes of at least 4 members (excludes halogenated alkanes) is 2. The third-order valence-corrected chi connectivity index (χ3v) is 16.3. The molecule has 0 radical (unpaired) electrons. The molecule has 2 atom stereocenters. The van der Waals surface area contributed by atoms with Gasteiger partial charge in [-0.1, -0.05) is 30.9 Å². The van der Waals surface area contributed by atoms with Crippen molar-refractivity contribution in [3.05, 3.63) is 69.4 Å². The van der Waals surface area contributed by atoms with Crippen molar-refractivity contribution in [1.29, 1.82) is 0 Å². The quantitative estimate of drug-likeness (QED) is 0.0192. The van der Waals surface area contributed by atoms with Crippen LogP contribution in [0.3, 0.4) is 0 Å². The number of pyridine rings is 1. The number of aromatic nitrogens is 1. The van der Waals surface area contributed by atoms with Crippen molar-refractivity contribution in [3.8, 4) is 18.1 Å². The van der Waals surface area contributed by atoms with Gasteiger partial charge < -0.3 is 45.1 Å². The van der Waals surface area contributed by atoms with Crippen LogP contribution in [0.25, 0.3) is 10.9 Å². The zero-order valence-corrected chi connectivity index (χ0v) is 52.6. The minimum atomic E-state index is -3.12. The second-order valence-electron chi connectivity index (χ2n) is 22.3. The summed E-state index contributed by atoms with van der Waals surface area (Å²) in [5.74, 6) is -5.61. The predicted octanol–water partition coefficient (Wildman–Crippen LogP) is 1.14. The van der Waals surface area contributed by atoms with Crippen molar-refractivity contribution < 1.29 is 76.0 Å². The van der Waals surface area contributed by atoms with E-state index in [0.717, 1.165) is 20.5 Å². The number of piperazine rings is 1. The molecule has 90 heavy (non-hydrogen) atoms. The first-order chi connectivity index (χ1) is 43.3. The van der Waals surface area contributed by atoms with E-state index in [2.05, 4.69) is 59.7 Å². The highest BCUT2D eigenvalue weighted by atomic mass is 127. The van der Waals surface area contributed by atoms with Crippen LogP contribution in [0.2, 0.25) is 0 Å². The molecule has 490 valence electrons. The Kier molecular flexibility index (Phi) is 29.9. The Labute approximate surface area is 535 Å². The molecule has 0 bridgehead atoms. The van der Waals surface area contributed by atoms with Crippen molar-refractivity contribution in [3.63, 3.8) is 0 Å². The summed E-state index contributed by atoms with van der Waals surface area (Å²) >= 11 is 2.24. The monoisotopic (exact) mass is 1370 g/mol. The van der Waals surface area contributed by atoms with Gasteiger partial charge in [0.15, 0.2) is 0 Å². The highest BCUT2D eigenvalue weighted by Crippen LogP contribution is 2.32. The fraction of sp³-hybridized carbons (Fsp3) is 0.557. The van der Waals surface area contributed by atoms with E-state index >= 15 is 0 Å². The highest BCUT2D eigenvalue weighted by molar-refractivity contribution is 14.1. The molecule has 5 N–H and O–H groups in total. The predicted molar refractivity (Wildman–Crippen MR) is 332 cm³/mol. The number of carbonyl (C=O) groups excluding carboxylic acids is 9. The lowest BCUT2D eigenvalue weighted by atomic mass is 10.1. The zero-order valence-electron chi connectivity index (χ0n) is 50.5. The number of carboxylic acid groups (broad SMARTS) is 1. The Morgan fingerprint density at radius 3 is 2.03 bits per heavy atom. The summed E-state index contributed by atoms with van der Waals surface area (Å²) in [4.78, 5) is 143. The van der Waals surface area contributed by atoms with Crippen LogP contribution in [0.4, 0.5) is 8.78 Å². The van der Waals surface area contributed by atoms with Crippen molar-refractivity contribution >= 4 is 93.8 Å². The Morgan fingerprint density at radius 1 is 0.744 bits per heavy atom. The zero-order chi connectivity index (χ0) is 64.8. The van der Waals surface area contributed by atoms with Crippen LogP contribution in [-0.4, -0.2) is 261 Å². The number of benzene rings is 2. The van der Waals surface area contributed by atoms with E-state index in [-0.39, 0.29) is 70.6 Å². The standard InChI is InChI=1S/C61H81F2IN12O14/c1-2-47-36-61(62,63)40-76(47)57(83)37-67-59(86)49-17-19-65-51-16-15-48(34-50(49)51)90-33-7-20-70-29-31-75(32-30-70)56(82)35-54(80)69-60(87)52(9-4-3-5-18-66-53(79)10-6-8-45-11-13-46(64)14-12-45)68-55(81)38-71-21-22-72(39-58(84)85)24-26-74(42-89-44-78)28-27-73(25-23-71)41-88-43-77/h1,11-17,19,34,43-44,47,52H,3-10,18,20-33,35-42H2,(H,66,79)(H,67,86)(H,68,81)(H,84,85)(H,69,80,87)/t47-,52-/m0/s1. The number of carboxylic acids is 1. The largest absolute Gasteiger partial charge is 0.494 e. The molecule has 3 saturated heterocycles. The molecule has 3 aromatic rings. The molecule has 3 fully saturated rings. The molecule has 4 heterocycles. The van der Waals surface area contributed by atoms with Gasteiger partial charge in [0.05, 0.1) is 49.9 Å². The summed E-state index contributed by atoms with van der Waals surface area (Å²) in [5.41, 5.74) is 1.84. The summed E-state index contributed by atoms with van der Waals surface area (Å²) in [5, 5.41) is 20.7. The molecule has 0 saturated carbocycles. The molecule has 6 rings (SSSR count). The van der Waals surface area contributed by atoms with Gasteiger partial charge in [-0.2, -0.15) is 0 Å². The molecule has 0 aliphatic carbocycles. The van der Waals surface area contributed by atoms with Gasteiger partial charge in [-0.05, 0) is 96.7 Å². The number of terminal acetylenes is 1. The first-order valence-electron chi connectivity index (χ1n) is 30.1. The number of nitrogens with one attached hydrogen (secondary N) is 4. The van der Waals surface area contributed by atoms with Crippen LogP contribution in [0.15, 0.2) is 54.7 Å². The molecule has 29 heteroatoms. The second-order valence-corrected chi connectivity index (χ2v) is 23.5. The van der Waals surface area contributed by atoms with E-state index in [0.29, 0.717) is 140 Å². The number of hydrogen-bond donors (Lipinski definition) is 5. The van der Waals surface area contributed by atoms with Gasteiger partial charge >= 0.3 is 5.97 Å². The molecule has 0 unspecified atom stereocenters. The number of hydrogen-bond acceptors (Lipinski definition) is 19. The van der Waals surface area contributed by atoms with Crippen LogP contribution in [-0.2, 0) is 59.0 Å². The number of rotatable bonds is 32. The number of nitrogens with zero attached hydrogens (tertiary/aromatic N) is 8. The fourth-order valence-corrected chi connectivity index (χ4v) is 11.0. The van der Waals surface area contributed by atoms with Gasteiger partial charge in [0, 0.05) is 120 Å². The molecular weight excluding hydrogens is 1290 g/mol. The Hall–Kier alpha value is -7.50. The van der Waals surface area contributed by atoms with Crippen LogP contribution < -0.4 is 26.0 Å². The summed E-state index contributed by atoms with van der Waals surface area (Å²) in [7, 11) is 0. The van der Waals surface area contributed by atoms with E-state index in [1.165, 1.54) is 12.3 Å². The third kappa shape index (κ3) is 25.1. The number of likely N-dealkylation sites (tertiary alicyclic amines) is 1. The van der Waals surface area contributed by atoms with E-state index in [1.807, 2.05) is 34.1 Å². The molecule has 2 aromatic carbocycles. The Balaban J connectivity index is 0.977. The minimum absolute atomic E-state index is 0.0340. The fourth-order valence-electron chi connectivity index (χ4n) is 10.6. The van der Waals surface area contributed by atoms with Crippen molar-refractivity contribution in [1.82, 2.24) is 60.6 Å². The smallest absolute Gasteiger partial charge is 0.317 e. The maximum Gasteiger partial charge on any atom is 0.317 e. The normalized spacial score (nSPS) is 17.6. The lowest BCUT2D eigenvalue weighted by Crippen LogP contribution is -2.53. The summed E-state index contributed by atoms with van der Waals surface area (Å²) in [6, 6.07) is 12.4. The Morgan fingerprint density at radius 2 is 1.39 bits per heavy atom. The van der Waals surface area contributed by atoms with Gasteiger partial charge in [-0.15, -0.1) is 6.42 Å². The topological polar surface area (TPSA) is 302 Å². The number of aryl methyl sites for hydroxylation is 1. The molecule has 7 amide bonds. The van der Waals surface area contributed by atoms with Gasteiger partial charge in [0.1, 0.15) is 31.7 Å². The number of imide groups is 1. The van der Waals surface area contributed by atoms with E-state index in [4.69, 9.17) is 20.6 Å². The van der Waals surface area contributed by atoms with Crippen molar-refractivity contribution in [2.75, 3.05) is 138 Å². The number of aliphatic carboxylic acids is 1. The van der Waals surface area contributed by atoms with E-state index in [1.54, 1.807) is 32.9 Å². The summed E-state index contributed by atoms with van der Waals surface area (Å²) in [6.45, 7) is 4.00. The lowest BCUT2D eigenvalue weighted by molar-refractivity contribution is -0.140. The summed E-state index contributed by atoms with van der Waals surface area (Å²) < 4.78 is 45.2. The minimum Gasteiger partial charge on any atom is -0.494 e. The van der Waals surface area contributed by atoms with Gasteiger partial charge in [0.25, 0.3) is 24.8 Å². The molecule has 1 aromatic heterocycles. The number of halogens is 3. The number of amides is 7. The van der Waals surface area contributed by atoms with Crippen molar-refractivity contribution in [2.24, 2.45) is 0 Å². The maximum atomic E-state index is 14.0. The Bertz CT molecular complexity index is 2950. The highest BCUT2D eigenvalue weighted by Gasteiger charge is 2.46. The van der Waals surface area contributed by atoms with Crippen LogP contribution >= 0.6 is 22.6 Å². The molecule has 0 spiro atoms. The van der Waals surface area contributed by atoms with Gasteiger partial charge in [0.2, 0.25) is 35.4 Å². The third-order valence-electron chi connectivity index (χ3n) is 15.6. The van der Waals surface area contributed by atoms with Crippen LogP contribution in [0.5, 0.6) is 5.75 Å². The molecule has 3 aliphatic rings. The van der Waals surface area contributed by atoms with Gasteiger partial charge in [-0.3, -0.25) is 82.7 Å². The second kappa shape index (κ2) is 37.6. The first-order valence-corrected chi connectivity index (χ1v) is 31.2. The van der Waals surface area contributed by atoms with Crippen LogP contribution in [0, 0.1) is 15.9 Å². The van der Waals surface area contributed by atoms with Crippen LogP contribution in [0.1, 0.15) is 73.7 Å². The number of alkyl halides is 2. The van der Waals surface area contributed by atoms with Gasteiger partial charge in [-0.25, -0.2) is 8.78 Å². The molecular formula is C61H81F2IN12O14. The number of fused-ring (bicyclic) bond motifs is 1. The SMILES string of the molecule is C#C[C@H]1CC(F)(F)CN1C(=O)CNC(=O)c1ccnc2ccc(OCCCN3CCN(C(=O)CC(=O)NC(=O)[C@H](CCCCCNC(=O)CCCc4ccc(I)cc4)NC(=O)CN4CCN(COC=O)CCN(COC=O)CCN(CC(=O)O)CC4)CC3)cc12. The average Bonchev–Trinajstić information content (AvgIpc) is 1.73. The molecule has 3 aliphatic heterocycles. The number of carbonyl (C=O) groups is 10.